The SMILES string of the molecule is COc1ccc(/C=C/C(=O)c2ccc(C)s2)cc1Cn1nc(C)cc1C. The second-order valence-electron chi connectivity index (χ2n) is 6.26. The second kappa shape index (κ2) is 7.70. The minimum atomic E-state index is 0.0269. The van der Waals surface area contributed by atoms with E-state index in [1.165, 1.54) is 11.3 Å². The van der Waals surface area contributed by atoms with Crippen LogP contribution in [0.1, 0.15) is 37.1 Å². The monoisotopic (exact) mass is 366 g/mol. The Kier molecular flexibility index (Phi) is 5.38. The Hall–Kier alpha value is -2.66. The molecule has 0 radical (unpaired) electrons. The molecule has 0 fully saturated rings. The molecule has 0 N–H and O–H groups in total. The molecule has 0 aliphatic rings. The maximum atomic E-state index is 12.3. The number of hydrogen-bond acceptors (Lipinski definition) is 4. The number of ether oxygens (including phenoxy) is 1. The molecule has 0 saturated carbocycles. The number of allylic oxidation sites excluding steroid dienone is 1. The smallest absolute Gasteiger partial charge is 0.195 e. The number of aryl methyl sites for hydroxylation is 3. The van der Waals surface area contributed by atoms with Crippen LogP contribution < -0.4 is 4.74 Å². The molecule has 0 aliphatic carbocycles. The van der Waals surface area contributed by atoms with E-state index in [9.17, 15) is 4.79 Å². The third-order valence-electron chi connectivity index (χ3n) is 4.14. The van der Waals surface area contributed by atoms with Crippen molar-refractivity contribution in [2.75, 3.05) is 7.11 Å². The van der Waals surface area contributed by atoms with Gasteiger partial charge in [0.1, 0.15) is 5.75 Å². The van der Waals surface area contributed by atoms with E-state index in [1.807, 2.05) is 61.9 Å². The largest absolute Gasteiger partial charge is 0.496 e. The minimum absolute atomic E-state index is 0.0269. The predicted octanol–water partition coefficient (Wildman–Crippen LogP) is 4.82. The summed E-state index contributed by atoms with van der Waals surface area (Å²) in [6, 6.07) is 11.8. The highest BCUT2D eigenvalue weighted by molar-refractivity contribution is 7.14. The van der Waals surface area contributed by atoms with Gasteiger partial charge in [0.25, 0.3) is 0 Å². The topological polar surface area (TPSA) is 44.1 Å². The first-order valence-electron chi connectivity index (χ1n) is 8.43. The van der Waals surface area contributed by atoms with Gasteiger partial charge in [0.15, 0.2) is 5.78 Å². The molecule has 5 heteroatoms. The van der Waals surface area contributed by atoms with Crippen molar-refractivity contribution in [3.05, 3.63) is 74.7 Å². The van der Waals surface area contributed by atoms with Gasteiger partial charge in [-0.25, -0.2) is 0 Å². The van der Waals surface area contributed by atoms with Gasteiger partial charge in [0, 0.05) is 16.1 Å². The van der Waals surface area contributed by atoms with Crippen molar-refractivity contribution in [3.8, 4) is 5.75 Å². The zero-order valence-corrected chi connectivity index (χ0v) is 16.3. The van der Waals surface area contributed by atoms with Crippen LogP contribution >= 0.6 is 11.3 Å². The Labute approximate surface area is 157 Å². The Morgan fingerprint density at radius 1 is 1.19 bits per heavy atom. The van der Waals surface area contributed by atoms with E-state index >= 15 is 0 Å². The van der Waals surface area contributed by atoms with Crippen LogP contribution in [0.5, 0.6) is 5.75 Å². The molecule has 0 bridgehead atoms. The van der Waals surface area contributed by atoms with Crippen LogP contribution in [0.2, 0.25) is 0 Å². The summed E-state index contributed by atoms with van der Waals surface area (Å²) in [5.41, 5.74) is 4.09. The van der Waals surface area contributed by atoms with Crippen LogP contribution in [0.4, 0.5) is 0 Å². The molecule has 134 valence electrons. The highest BCUT2D eigenvalue weighted by atomic mass is 32.1. The summed E-state index contributed by atoms with van der Waals surface area (Å²) in [6.45, 7) is 6.65. The lowest BCUT2D eigenvalue weighted by molar-refractivity contribution is 0.105. The van der Waals surface area contributed by atoms with Crippen LogP contribution in [0.3, 0.4) is 0 Å². The summed E-state index contributed by atoms with van der Waals surface area (Å²) in [4.78, 5) is 14.2. The molecule has 0 unspecified atom stereocenters. The van der Waals surface area contributed by atoms with Crippen molar-refractivity contribution in [3.63, 3.8) is 0 Å². The lowest BCUT2D eigenvalue weighted by Crippen LogP contribution is -2.05. The molecule has 0 aliphatic heterocycles. The molecule has 0 atom stereocenters. The Morgan fingerprint density at radius 3 is 2.62 bits per heavy atom. The summed E-state index contributed by atoms with van der Waals surface area (Å²) in [6.07, 6.45) is 3.47. The van der Waals surface area contributed by atoms with Crippen LogP contribution in [0.15, 0.2) is 42.5 Å². The van der Waals surface area contributed by atoms with E-state index in [0.29, 0.717) is 6.54 Å². The quantitative estimate of drug-likeness (QED) is 0.464. The molecule has 3 aromatic rings. The van der Waals surface area contributed by atoms with Gasteiger partial charge in [0.2, 0.25) is 0 Å². The molecule has 0 amide bonds. The normalized spacial score (nSPS) is 11.2. The van der Waals surface area contributed by atoms with Crippen molar-refractivity contribution in [1.82, 2.24) is 9.78 Å². The Morgan fingerprint density at radius 2 is 2.00 bits per heavy atom. The number of nitrogens with zero attached hydrogens (tertiary/aromatic N) is 2. The number of aromatic nitrogens is 2. The molecule has 3 rings (SSSR count). The predicted molar refractivity (Wildman–Crippen MR) is 106 cm³/mol. The van der Waals surface area contributed by atoms with E-state index in [2.05, 4.69) is 11.2 Å². The van der Waals surface area contributed by atoms with Crippen LogP contribution in [0.25, 0.3) is 6.08 Å². The second-order valence-corrected chi connectivity index (χ2v) is 7.55. The third-order valence-corrected chi connectivity index (χ3v) is 5.15. The zero-order chi connectivity index (χ0) is 18.7. The molecule has 26 heavy (non-hydrogen) atoms. The average Bonchev–Trinajstić information content (AvgIpc) is 3.18. The van der Waals surface area contributed by atoms with Gasteiger partial charge in [0.05, 0.1) is 24.2 Å². The fourth-order valence-corrected chi connectivity index (χ4v) is 3.63. The van der Waals surface area contributed by atoms with E-state index in [4.69, 9.17) is 4.74 Å². The number of benzene rings is 1. The van der Waals surface area contributed by atoms with E-state index in [0.717, 1.165) is 38.0 Å². The van der Waals surface area contributed by atoms with E-state index in [-0.39, 0.29) is 5.78 Å². The van der Waals surface area contributed by atoms with Crippen LogP contribution in [-0.2, 0) is 6.54 Å². The number of rotatable bonds is 6. The lowest BCUT2D eigenvalue weighted by Gasteiger charge is -2.11. The van der Waals surface area contributed by atoms with Gasteiger partial charge in [-0.05, 0) is 62.7 Å². The number of hydrogen-bond donors (Lipinski definition) is 0. The van der Waals surface area contributed by atoms with Crippen molar-refractivity contribution >= 4 is 23.2 Å². The zero-order valence-electron chi connectivity index (χ0n) is 15.4. The lowest BCUT2D eigenvalue weighted by atomic mass is 10.1. The fraction of sp³-hybridized carbons (Fsp3) is 0.238. The molecule has 4 nitrogen and oxygen atoms in total. The molecule has 0 spiro atoms. The van der Waals surface area contributed by atoms with Gasteiger partial charge in [-0.1, -0.05) is 12.1 Å². The Balaban J connectivity index is 1.83. The number of ketones is 1. The summed E-state index contributed by atoms with van der Waals surface area (Å²) >= 11 is 1.51. The molecule has 2 aromatic heterocycles. The first-order valence-corrected chi connectivity index (χ1v) is 9.24. The fourth-order valence-electron chi connectivity index (χ4n) is 2.84. The van der Waals surface area contributed by atoms with Crippen molar-refractivity contribution in [1.29, 1.82) is 0 Å². The summed E-state index contributed by atoms with van der Waals surface area (Å²) in [5.74, 6) is 0.842. The highest BCUT2D eigenvalue weighted by Crippen LogP contribution is 2.23. The molecule has 0 saturated heterocycles. The number of methoxy groups -OCH3 is 1. The third kappa shape index (κ3) is 4.11. The maximum Gasteiger partial charge on any atom is 0.195 e. The molecular formula is C21H22N2O2S. The highest BCUT2D eigenvalue weighted by Gasteiger charge is 2.09. The minimum Gasteiger partial charge on any atom is -0.496 e. The molecule has 1 aromatic carbocycles. The first-order chi connectivity index (χ1) is 12.5. The summed E-state index contributed by atoms with van der Waals surface area (Å²) in [5, 5.41) is 4.52. The Bertz CT molecular complexity index is 966. The van der Waals surface area contributed by atoms with E-state index < -0.39 is 0 Å². The van der Waals surface area contributed by atoms with Crippen molar-refractivity contribution < 1.29 is 9.53 Å². The van der Waals surface area contributed by atoms with E-state index in [1.54, 1.807) is 13.2 Å². The maximum absolute atomic E-state index is 12.3. The standard InChI is InChI=1S/C21H22N2O2S/c1-14-11-15(2)23(22-14)13-18-12-17(7-9-20(18)25-4)6-8-19(24)21-10-5-16(3)26-21/h5-12H,13H2,1-4H3/b8-6+. The first kappa shape index (κ1) is 18.1. The number of thiophene rings is 1. The summed E-state index contributed by atoms with van der Waals surface area (Å²) < 4.78 is 7.44. The number of carbonyl (C=O) groups excluding carboxylic acids is 1. The van der Waals surface area contributed by atoms with Crippen LogP contribution in [0, 0.1) is 20.8 Å². The van der Waals surface area contributed by atoms with Crippen molar-refractivity contribution in [2.45, 2.75) is 27.3 Å². The molecular weight excluding hydrogens is 344 g/mol. The van der Waals surface area contributed by atoms with Gasteiger partial charge < -0.3 is 4.74 Å². The van der Waals surface area contributed by atoms with Crippen molar-refractivity contribution in [2.24, 2.45) is 0 Å². The van der Waals surface area contributed by atoms with Gasteiger partial charge >= 0.3 is 0 Å². The number of carbonyl (C=O) groups is 1. The van der Waals surface area contributed by atoms with Gasteiger partial charge in [-0.3, -0.25) is 9.48 Å². The summed E-state index contributed by atoms with van der Waals surface area (Å²) in [7, 11) is 1.66. The van der Waals surface area contributed by atoms with Crippen LogP contribution in [-0.4, -0.2) is 22.7 Å². The van der Waals surface area contributed by atoms with Gasteiger partial charge in [-0.15, -0.1) is 11.3 Å². The average molecular weight is 366 g/mol. The van der Waals surface area contributed by atoms with Gasteiger partial charge in [-0.2, -0.15) is 5.10 Å². The molecule has 2 heterocycles.